The van der Waals surface area contributed by atoms with E-state index in [9.17, 15) is 0 Å². The monoisotopic (exact) mass is 847 g/mol. The van der Waals surface area contributed by atoms with Crippen LogP contribution in [0.1, 0.15) is 88.5 Å². The van der Waals surface area contributed by atoms with Crippen LogP contribution in [0.3, 0.4) is 0 Å². The summed E-state index contributed by atoms with van der Waals surface area (Å²) in [5, 5.41) is 8.41. The zero-order valence-corrected chi connectivity index (χ0v) is 38.5. The number of hydrogen-bond acceptors (Lipinski definition) is 0. The van der Waals surface area contributed by atoms with Gasteiger partial charge in [-0.05, 0) is 60.8 Å². The van der Waals surface area contributed by atoms with Crippen molar-refractivity contribution in [1.82, 2.24) is 0 Å². The molecule has 9 rings (SSSR count). The minimum atomic E-state index is 0. The van der Waals surface area contributed by atoms with E-state index in [2.05, 4.69) is 179 Å². The Hall–Kier alpha value is -4.36. The third-order valence-electron chi connectivity index (χ3n) is 11.2. The third kappa shape index (κ3) is 10.3. The van der Waals surface area contributed by atoms with E-state index in [0.717, 1.165) is 9.52 Å². The minimum absolute atomic E-state index is 0. The van der Waals surface area contributed by atoms with Crippen molar-refractivity contribution < 1.29 is 26.2 Å². The molecule has 0 saturated heterocycles. The maximum absolute atomic E-state index is 3.31. The number of rotatable bonds is 12. The van der Waals surface area contributed by atoms with Gasteiger partial charge in [-0.3, -0.25) is 0 Å². The van der Waals surface area contributed by atoms with Crippen LogP contribution >= 0.6 is 0 Å². The molecule has 289 valence electrons. The van der Waals surface area contributed by atoms with Gasteiger partial charge in [0.25, 0.3) is 0 Å². The quantitative estimate of drug-likeness (QED) is 0.0849. The average Bonchev–Trinajstić information content (AvgIpc) is 3.98. The van der Waals surface area contributed by atoms with Crippen molar-refractivity contribution in [3.8, 4) is 33.4 Å². The van der Waals surface area contributed by atoms with E-state index in [-0.39, 0.29) is 26.2 Å². The Labute approximate surface area is 370 Å². The van der Waals surface area contributed by atoms with Gasteiger partial charge < -0.3 is 0 Å². The van der Waals surface area contributed by atoms with Crippen molar-refractivity contribution >= 4 is 41.4 Å². The second-order valence-electron chi connectivity index (χ2n) is 15.5. The molecule has 0 spiro atoms. The van der Waals surface area contributed by atoms with Crippen LogP contribution in [-0.2, 0) is 51.9 Å². The number of hydrogen-bond donors (Lipinski definition) is 0. The van der Waals surface area contributed by atoms with Gasteiger partial charge in [0, 0.05) is 0 Å². The molecule has 0 N–H and O–H groups in total. The summed E-state index contributed by atoms with van der Waals surface area (Å²) >= 11 is 0. The molecule has 0 aliphatic carbocycles. The molecule has 2 heteroatoms. The summed E-state index contributed by atoms with van der Waals surface area (Å²) in [7, 11) is 0.795. The standard InChI is InChI=1S/2C22H25.C12H7Si.Zr/c2*1-3-5-10-18-11-6-7-13-20(18)21-14-8-12-19-15-17(9-4-2)16-22(19)21;1-3-7-11-9(5-1)10-6-2-4-8-12(10)13-11;/h2*6-8,11-16H,3-5,9-10H2,1-2H3;1-7H;/q3*-1;+3. The molecule has 58 heavy (non-hydrogen) atoms. The molecule has 0 aromatic heterocycles. The van der Waals surface area contributed by atoms with Gasteiger partial charge in [0.1, 0.15) is 0 Å². The summed E-state index contributed by atoms with van der Waals surface area (Å²) in [5.74, 6) is 0. The maximum atomic E-state index is 3.31. The van der Waals surface area contributed by atoms with Crippen molar-refractivity contribution in [2.24, 2.45) is 0 Å². The molecule has 0 nitrogen and oxygen atoms in total. The first kappa shape index (κ1) is 43.2. The summed E-state index contributed by atoms with van der Waals surface area (Å²) in [5.41, 5.74) is 14.3. The van der Waals surface area contributed by atoms with Crippen molar-refractivity contribution in [2.75, 3.05) is 0 Å². The van der Waals surface area contributed by atoms with E-state index < -0.39 is 0 Å². The van der Waals surface area contributed by atoms with Crippen molar-refractivity contribution in [3.63, 3.8) is 0 Å². The van der Waals surface area contributed by atoms with Crippen LogP contribution in [-0.4, -0.2) is 9.52 Å². The van der Waals surface area contributed by atoms with Crippen LogP contribution in [0, 0.1) is 6.07 Å². The molecule has 1 aliphatic rings. The Balaban J connectivity index is 0.000000150. The van der Waals surface area contributed by atoms with Crippen molar-refractivity contribution in [3.05, 3.63) is 180 Å². The van der Waals surface area contributed by atoms with Crippen LogP contribution in [0.25, 0.3) is 54.9 Å². The fourth-order valence-electron chi connectivity index (χ4n) is 8.39. The normalized spacial score (nSPS) is 11.2. The van der Waals surface area contributed by atoms with E-state index in [4.69, 9.17) is 0 Å². The average molecular weight is 849 g/mol. The molecule has 8 aromatic rings. The van der Waals surface area contributed by atoms with Gasteiger partial charge in [0.15, 0.2) is 0 Å². The smallest absolute Gasteiger partial charge is 0.184 e. The van der Waals surface area contributed by atoms with E-state index in [1.807, 2.05) is 6.07 Å². The second kappa shape index (κ2) is 21.6. The Morgan fingerprint density at radius 3 is 1.43 bits per heavy atom. The van der Waals surface area contributed by atoms with E-state index >= 15 is 0 Å². The summed E-state index contributed by atoms with van der Waals surface area (Å²) in [4.78, 5) is 0. The largest absolute Gasteiger partial charge is 3.00 e. The molecule has 0 atom stereocenters. The zero-order chi connectivity index (χ0) is 39.4. The third-order valence-corrected chi connectivity index (χ3v) is 12.6. The summed E-state index contributed by atoms with van der Waals surface area (Å²) in [6.07, 6.45) is 12.1. The van der Waals surface area contributed by atoms with Gasteiger partial charge in [-0.15, -0.1) is 74.6 Å². The first-order valence-electron chi connectivity index (χ1n) is 21.5. The van der Waals surface area contributed by atoms with Gasteiger partial charge in [-0.2, -0.15) is 41.6 Å². The van der Waals surface area contributed by atoms with Gasteiger partial charge in [0.2, 0.25) is 0 Å². The van der Waals surface area contributed by atoms with E-state index in [1.54, 1.807) is 0 Å². The van der Waals surface area contributed by atoms with Crippen LogP contribution in [0.5, 0.6) is 0 Å². The van der Waals surface area contributed by atoms with Gasteiger partial charge in [0.05, 0.1) is 9.52 Å². The zero-order valence-electron chi connectivity index (χ0n) is 35.0. The molecule has 3 radical (unpaired) electrons. The van der Waals surface area contributed by atoms with Gasteiger partial charge in [-0.1, -0.05) is 160 Å². The number of aryl methyl sites for hydroxylation is 4. The summed E-state index contributed by atoms with van der Waals surface area (Å²) in [6, 6.07) is 58.9. The fraction of sp³-hybridized carbons (Fsp3) is 0.250. The predicted molar refractivity (Wildman–Crippen MR) is 251 cm³/mol. The molecular weight excluding hydrogens is 792 g/mol. The maximum Gasteiger partial charge on any atom is 3.00 e. The topological polar surface area (TPSA) is 0 Å². The number of benzene rings is 6. The van der Waals surface area contributed by atoms with Crippen molar-refractivity contribution in [2.45, 2.75) is 91.9 Å². The molecule has 0 amide bonds. The molecule has 8 aromatic carbocycles. The second-order valence-corrected chi connectivity index (χ2v) is 16.8. The molecular formula is C56H57SiZr. The molecule has 0 bridgehead atoms. The van der Waals surface area contributed by atoms with Crippen LogP contribution in [0.2, 0.25) is 0 Å². The number of fused-ring (bicyclic) bond motifs is 5. The Bertz CT molecular complexity index is 2340. The number of unbranched alkanes of at least 4 members (excludes halogenated alkanes) is 2. The van der Waals surface area contributed by atoms with Gasteiger partial charge >= 0.3 is 26.2 Å². The molecule has 1 heterocycles. The molecule has 0 fully saturated rings. The first-order valence-corrected chi connectivity index (χ1v) is 22.5. The molecule has 0 unspecified atom stereocenters. The molecule has 0 saturated carbocycles. The van der Waals surface area contributed by atoms with E-state index in [0.29, 0.717) is 0 Å². The Kier molecular flexibility index (Phi) is 16.1. The summed E-state index contributed by atoms with van der Waals surface area (Å²) < 4.78 is 0. The van der Waals surface area contributed by atoms with Crippen LogP contribution in [0.15, 0.2) is 152 Å². The molecule has 1 aliphatic heterocycles. The summed E-state index contributed by atoms with van der Waals surface area (Å²) in [6.45, 7) is 9.02. The SMILES string of the molecule is CCCCc1ccccc1-c1cccc2[cH-]c(CCC)cc12.CCCCc1ccccc1-c1cccc2[cH-]c(CCC)cc12.[Zr+3].[c-]1cccc2c1[Si]c1ccccc1-2. The first-order chi connectivity index (χ1) is 28.1. The predicted octanol–water partition coefficient (Wildman–Crippen LogP) is 14.2. The fourth-order valence-corrected chi connectivity index (χ4v) is 9.70. The Morgan fingerprint density at radius 1 is 0.448 bits per heavy atom. The van der Waals surface area contributed by atoms with Crippen LogP contribution in [0.4, 0.5) is 0 Å². The minimum Gasteiger partial charge on any atom is -0.184 e. The van der Waals surface area contributed by atoms with Crippen molar-refractivity contribution in [1.29, 1.82) is 0 Å². The van der Waals surface area contributed by atoms with Crippen LogP contribution < -0.4 is 10.4 Å². The van der Waals surface area contributed by atoms with E-state index in [1.165, 1.54) is 152 Å². The van der Waals surface area contributed by atoms with Gasteiger partial charge in [-0.25, -0.2) is 0 Å². The Morgan fingerprint density at radius 2 is 0.914 bits per heavy atom.